The van der Waals surface area contributed by atoms with Crippen LogP contribution in [0.15, 0.2) is 24.7 Å². The Bertz CT molecular complexity index is 608. The summed E-state index contributed by atoms with van der Waals surface area (Å²) in [5.74, 6) is -1.19. The van der Waals surface area contributed by atoms with Crippen molar-refractivity contribution in [3.8, 4) is 5.75 Å². The number of halogens is 2. The quantitative estimate of drug-likeness (QED) is 0.845. The van der Waals surface area contributed by atoms with Crippen LogP contribution in [0.3, 0.4) is 0 Å². The summed E-state index contributed by atoms with van der Waals surface area (Å²) in [7, 11) is 3.20. The van der Waals surface area contributed by atoms with Gasteiger partial charge >= 0.3 is 0 Å². The maximum atomic E-state index is 14.0. The molecule has 0 amide bonds. The van der Waals surface area contributed by atoms with Crippen LogP contribution in [0.25, 0.3) is 0 Å². The molecule has 0 aliphatic rings. The molecular weight excluding hydrogens is 292 g/mol. The predicted molar refractivity (Wildman–Crippen MR) is 77.3 cm³/mol. The van der Waals surface area contributed by atoms with Gasteiger partial charge < -0.3 is 14.4 Å². The standard InChI is InChI=1S/C15H19F2N3O2/c1-19-10-18-7-11(19)8-20(3-4-21)9-13-14(16)5-12(22-2)6-15(13)17/h5-7,10,21H,3-4,8-9H2,1-2H3. The minimum atomic E-state index is -0.662. The van der Waals surface area contributed by atoms with Crippen molar-refractivity contribution >= 4 is 0 Å². The molecule has 0 spiro atoms. The van der Waals surface area contributed by atoms with E-state index in [4.69, 9.17) is 9.84 Å². The van der Waals surface area contributed by atoms with Crippen molar-refractivity contribution in [1.29, 1.82) is 0 Å². The van der Waals surface area contributed by atoms with Crippen molar-refractivity contribution in [2.75, 3.05) is 20.3 Å². The molecule has 2 rings (SSSR count). The van der Waals surface area contributed by atoms with Gasteiger partial charge in [-0.25, -0.2) is 13.8 Å². The van der Waals surface area contributed by atoms with Crippen molar-refractivity contribution in [2.45, 2.75) is 13.1 Å². The first-order valence-corrected chi connectivity index (χ1v) is 6.85. The molecular formula is C15H19F2N3O2. The van der Waals surface area contributed by atoms with Crippen molar-refractivity contribution in [2.24, 2.45) is 7.05 Å². The molecule has 2 aromatic rings. The molecule has 0 aliphatic carbocycles. The first-order chi connectivity index (χ1) is 10.5. The number of rotatable bonds is 7. The van der Waals surface area contributed by atoms with Crippen LogP contribution in [-0.2, 0) is 20.1 Å². The van der Waals surface area contributed by atoms with Gasteiger partial charge in [-0.3, -0.25) is 4.90 Å². The lowest BCUT2D eigenvalue weighted by atomic mass is 10.1. The average molecular weight is 311 g/mol. The molecule has 1 heterocycles. The normalized spacial score (nSPS) is 11.2. The Kier molecular flexibility index (Phi) is 5.46. The number of imidazole rings is 1. The highest BCUT2D eigenvalue weighted by molar-refractivity contribution is 5.30. The first-order valence-electron chi connectivity index (χ1n) is 6.85. The molecule has 0 unspecified atom stereocenters. The van der Waals surface area contributed by atoms with Crippen LogP contribution in [0.1, 0.15) is 11.3 Å². The van der Waals surface area contributed by atoms with Gasteiger partial charge in [0.1, 0.15) is 17.4 Å². The number of aryl methyl sites for hydroxylation is 1. The average Bonchev–Trinajstić information content (AvgIpc) is 2.88. The van der Waals surface area contributed by atoms with E-state index >= 15 is 0 Å². The van der Waals surface area contributed by atoms with Crippen LogP contribution in [-0.4, -0.2) is 39.8 Å². The molecule has 5 nitrogen and oxygen atoms in total. The molecule has 0 bridgehead atoms. The molecule has 0 fully saturated rings. The van der Waals surface area contributed by atoms with Crippen LogP contribution in [0, 0.1) is 11.6 Å². The molecule has 0 atom stereocenters. The lowest BCUT2D eigenvalue weighted by Crippen LogP contribution is -2.28. The second-order valence-corrected chi connectivity index (χ2v) is 5.00. The zero-order valence-electron chi connectivity index (χ0n) is 12.6. The minimum Gasteiger partial charge on any atom is -0.497 e. The number of aliphatic hydroxyl groups excluding tert-OH is 1. The summed E-state index contributed by atoms with van der Waals surface area (Å²) >= 11 is 0. The predicted octanol–water partition coefficient (Wildman–Crippen LogP) is 1.70. The summed E-state index contributed by atoms with van der Waals surface area (Å²) in [6.07, 6.45) is 3.34. The fourth-order valence-electron chi connectivity index (χ4n) is 2.19. The van der Waals surface area contributed by atoms with Gasteiger partial charge in [0.05, 0.1) is 25.7 Å². The minimum absolute atomic E-state index is 0.0450. The molecule has 22 heavy (non-hydrogen) atoms. The van der Waals surface area contributed by atoms with Crippen LogP contribution >= 0.6 is 0 Å². The summed E-state index contributed by atoms with van der Waals surface area (Å²) in [6, 6.07) is 2.30. The van der Waals surface area contributed by atoms with E-state index in [1.165, 1.54) is 7.11 Å². The lowest BCUT2D eigenvalue weighted by Gasteiger charge is -2.22. The van der Waals surface area contributed by atoms with Crippen molar-refractivity contribution in [1.82, 2.24) is 14.5 Å². The highest BCUT2D eigenvalue weighted by Gasteiger charge is 2.16. The molecule has 1 aromatic carbocycles. The maximum Gasteiger partial charge on any atom is 0.134 e. The van der Waals surface area contributed by atoms with Gasteiger partial charge in [0.15, 0.2) is 0 Å². The van der Waals surface area contributed by atoms with Gasteiger partial charge in [0, 0.05) is 50.6 Å². The van der Waals surface area contributed by atoms with Crippen LogP contribution < -0.4 is 4.74 Å². The fourth-order valence-corrected chi connectivity index (χ4v) is 2.19. The molecule has 7 heteroatoms. The largest absolute Gasteiger partial charge is 0.497 e. The first kappa shape index (κ1) is 16.4. The second kappa shape index (κ2) is 7.33. The molecule has 0 aliphatic heterocycles. The Balaban J connectivity index is 2.19. The number of methoxy groups -OCH3 is 1. The molecule has 1 N–H and O–H groups in total. The van der Waals surface area contributed by atoms with E-state index in [0.717, 1.165) is 17.8 Å². The SMILES string of the molecule is COc1cc(F)c(CN(CCO)Cc2cncn2C)c(F)c1. The smallest absolute Gasteiger partial charge is 0.134 e. The Morgan fingerprint density at radius 3 is 2.45 bits per heavy atom. The van der Waals surface area contributed by atoms with E-state index in [1.54, 1.807) is 17.4 Å². The molecule has 1 aromatic heterocycles. The Morgan fingerprint density at radius 1 is 1.27 bits per heavy atom. The monoisotopic (exact) mass is 311 g/mol. The van der Waals surface area contributed by atoms with E-state index in [1.807, 2.05) is 11.6 Å². The van der Waals surface area contributed by atoms with E-state index in [0.29, 0.717) is 13.1 Å². The number of hydrogen-bond donors (Lipinski definition) is 1. The molecule has 0 radical (unpaired) electrons. The zero-order valence-corrected chi connectivity index (χ0v) is 12.6. The van der Waals surface area contributed by atoms with Gasteiger partial charge in [-0.2, -0.15) is 0 Å². The molecule has 120 valence electrons. The third-order valence-corrected chi connectivity index (χ3v) is 3.45. The van der Waals surface area contributed by atoms with Gasteiger partial charge in [-0.1, -0.05) is 0 Å². The van der Waals surface area contributed by atoms with Gasteiger partial charge in [-0.05, 0) is 0 Å². The molecule has 0 saturated carbocycles. The topological polar surface area (TPSA) is 50.5 Å². The molecule has 0 saturated heterocycles. The number of aromatic nitrogens is 2. The third kappa shape index (κ3) is 3.80. The van der Waals surface area contributed by atoms with Crippen molar-refractivity contribution in [3.05, 3.63) is 47.5 Å². The summed E-state index contributed by atoms with van der Waals surface area (Å²) in [4.78, 5) is 5.76. The van der Waals surface area contributed by atoms with Crippen LogP contribution in [0.4, 0.5) is 8.78 Å². The van der Waals surface area contributed by atoms with Gasteiger partial charge in [0.25, 0.3) is 0 Å². The number of aliphatic hydroxyl groups is 1. The Labute approximate surface area is 127 Å². The number of nitrogens with zero attached hydrogens (tertiary/aromatic N) is 3. The van der Waals surface area contributed by atoms with E-state index in [9.17, 15) is 8.78 Å². The van der Waals surface area contributed by atoms with E-state index in [2.05, 4.69) is 4.98 Å². The maximum absolute atomic E-state index is 14.0. The Hall–Kier alpha value is -1.99. The summed E-state index contributed by atoms with van der Waals surface area (Å²) in [6.45, 7) is 0.683. The van der Waals surface area contributed by atoms with Gasteiger partial charge in [-0.15, -0.1) is 0 Å². The zero-order chi connectivity index (χ0) is 16.1. The number of ether oxygens (including phenoxy) is 1. The highest BCUT2D eigenvalue weighted by atomic mass is 19.1. The lowest BCUT2D eigenvalue weighted by molar-refractivity contribution is 0.178. The third-order valence-electron chi connectivity index (χ3n) is 3.45. The Morgan fingerprint density at radius 2 is 1.95 bits per heavy atom. The number of hydrogen-bond acceptors (Lipinski definition) is 4. The van der Waals surface area contributed by atoms with Crippen LogP contribution in [0.5, 0.6) is 5.75 Å². The van der Waals surface area contributed by atoms with Gasteiger partial charge in [0.2, 0.25) is 0 Å². The summed E-state index contributed by atoms with van der Waals surface area (Å²) in [5, 5.41) is 9.16. The van der Waals surface area contributed by atoms with Crippen LogP contribution in [0.2, 0.25) is 0 Å². The number of benzene rings is 1. The van der Waals surface area contributed by atoms with E-state index < -0.39 is 11.6 Å². The van der Waals surface area contributed by atoms with E-state index in [-0.39, 0.29) is 24.5 Å². The highest BCUT2D eigenvalue weighted by Crippen LogP contribution is 2.22. The van der Waals surface area contributed by atoms with Crippen molar-refractivity contribution in [3.63, 3.8) is 0 Å². The second-order valence-electron chi connectivity index (χ2n) is 5.00. The van der Waals surface area contributed by atoms with Crippen molar-refractivity contribution < 1.29 is 18.6 Å². The summed E-state index contributed by atoms with van der Waals surface area (Å²) in [5.41, 5.74) is 0.846. The summed E-state index contributed by atoms with van der Waals surface area (Å²) < 4.78 is 34.7. The fraction of sp³-hybridized carbons (Fsp3) is 0.400.